The highest BCUT2D eigenvalue weighted by Crippen LogP contribution is 2.39. The van der Waals surface area contributed by atoms with Crippen molar-refractivity contribution >= 4 is 5.91 Å². The van der Waals surface area contributed by atoms with E-state index in [1.807, 2.05) is 18.2 Å². The smallest absolute Gasteiger partial charge is 0.271 e. The van der Waals surface area contributed by atoms with E-state index in [1.165, 1.54) is 6.07 Å². The number of likely N-dealkylation sites (tertiary alicyclic amines) is 1. The second-order valence-corrected chi connectivity index (χ2v) is 6.97. The number of halogens is 1. The number of benzene rings is 2. The number of amides is 1. The molecule has 1 N–H and O–H groups in total. The zero-order valence-corrected chi connectivity index (χ0v) is 16.3. The number of nitrogens with zero attached hydrogens (tertiary/aromatic N) is 2. The number of rotatable bonds is 5. The summed E-state index contributed by atoms with van der Waals surface area (Å²) in [7, 11) is 3.23. The van der Waals surface area contributed by atoms with Gasteiger partial charge in [0.05, 0.1) is 19.9 Å². The maximum absolute atomic E-state index is 14.0. The number of aromatic nitrogens is 2. The van der Waals surface area contributed by atoms with Gasteiger partial charge in [-0.15, -0.1) is 0 Å². The average molecular weight is 395 g/mol. The van der Waals surface area contributed by atoms with Crippen LogP contribution in [0.5, 0.6) is 11.5 Å². The Hall–Kier alpha value is -3.35. The van der Waals surface area contributed by atoms with Gasteiger partial charge in [0, 0.05) is 30.1 Å². The molecule has 1 saturated heterocycles. The van der Waals surface area contributed by atoms with Crippen molar-refractivity contribution in [3.63, 3.8) is 0 Å². The second-order valence-electron chi connectivity index (χ2n) is 6.97. The molecule has 150 valence electrons. The Balaban J connectivity index is 1.52. The van der Waals surface area contributed by atoms with E-state index in [2.05, 4.69) is 10.2 Å². The van der Waals surface area contributed by atoms with Crippen molar-refractivity contribution in [2.75, 3.05) is 27.3 Å². The number of ether oxygens (including phenoxy) is 2. The number of para-hydroxylation sites is 1. The van der Waals surface area contributed by atoms with Crippen LogP contribution in [0.25, 0.3) is 11.3 Å². The predicted molar refractivity (Wildman–Crippen MR) is 107 cm³/mol. The number of nitrogens with one attached hydrogen (secondary N) is 1. The fraction of sp³-hybridized carbons (Fsp3) is 0.273. The summed E-state index contributed by atoms with van der Waals surface area (Å²) in [4.78, 5) is 14.7. The van der Waals surface area contributed by atoms with Gasteiger partial charge in [-0.25, -0.2) is 4.39 Å². The van der Waals surface area contributed by atoms with Crippen LogP contribution in [-0.4, -0.2) is 48.3 Å². The van der Waals surface area contributed by atoms with Crippen LogP contribution in [0.3, 0.4) is 0 Å². The first kappa shape index (κ1) is 19.0. The minimum absolute atomic E-state index is 0.149. The van der Waals surface area contributed by atoms with E-state index in [0.29, 0.717) is 41.5 Å². The summed E-state index contributed by atoms with van der Waals surface area (Å²) in [5, 5.41) is 6.87. The number of hydrogen-bond acceptors (Lipinski definition) is 4. The average Bonchev–Trinajstić information content (AvgIpc) is 3.43. The van der Waals surface area contributed by atoms with Gasteiger partial charge in [-0.1, -0.05) is 24.3 Å². The monoisotopic (exact) mass is 395 g/mol. The van der Waals surface area contributed by atoms with Crippen molar-refractivity contribution in [1.29, 1.82) is 0 Å². The summed E-state index contributed by atoms with van der Waals surface area (Å²) in [5.41, 5.74) is 2.15. The van der Waals surface area contributed by atoms with E-state index in [-0.39, 0.29) is 17.6 Å². The first-order chi connectivity index (χ1) is 14.1. The minimum Gasteiger partial charge on any atom is -0.493 e. The molecular formula is C22H22FN3O3. The molecule has 7 heteroatoms. The van der Waals surface area contributed by atoms with Crippen LogP contribution in [0, 0.1) is 5.82 Å². The molecule has 0 aliphatic carbocycles. The van der Waals surface area contributed by atoms with Crippen molar-refractivity contribution in [2.24, 2.45) is 0 Å². The lowest BCUT2D eigenvalue weighted by molar-refractivity contribution is 0.0785. The minimum atomic E-state index is -0.371. The Labute approximate surface area is 168 Å². The molecule has 2 heterocycles. The van der Waals surface area contributed by atoms with Crippen LogP contribution >= 0.6 is 0 Å². The van der Waals surface area contributed by atoms with Gasteiger partial charge in [0.1, 0.15) is 11.5 Å². The molecule has 3 aromatic rings. The normalized spacial score (nSPS) is 16.1. The first-order valence-electron chi connectivity index (χ1n) is 9.43. The van der Waals surface area contributed by atoms with E-state index in [4.69, 9.17) is 9.47 Å². The van der Waals surface area contributed by atoms with Crippen molar-refractivity contribution in [3.05, 3.63) is 65.6 Å². The van der Waals surface area contributed by atoms with Gasteiger partial charge in [0.2, 0.25) is 0 Å². The van der Waals surface area contributed by atoms with Crippen LogP contribution in [-0.2, 0) is 0 Å². The van der Waals surface area contributed by atoms with Crippen LogP contribution in [0.4, 0.5) is 4.39 Å². The number of carbonyl (C=O) groups excluding carboxylic acids is 1. The maximum Gasteiger partial charge on any atom is 0.271 e. The lowest BCUT2D eigenvalue weighted by Gasteiger charge is -2.18. The predicted octanol–water partition coefficient (Wildman–Crippen LogP) is 3.86. The standard InChI is InChI=1S/C22H22FN3O3/c1-28-20-9-5-7-15(21(20)29-2)14-10-11-26(13-14)22(27)19-12-18(24-25-19)16-6-3-4-8-17(16)23/h3-9,12,14H,10-11,13H2,1-2H3,(H,24,25). The van der Waals surface area contributed by atoms with Gasteiger partial charge in [-0.05, 0) is 30.7 Å². The topological polar surface area (TPSA) is 67.5 Å². The number of methoxy groups -OCH3 is 2. The Morgan fingerprint density at radius 3 is 2.76 bits per heavy atom. The zero-order valence-electron chi connectivity index (χ0n) is 16.3. The number of hydrogen-bond donors (Lipinski definition) is 1. The highest BCUT2D eigenvalue weighted by Gasteiger charge is 2.31. The largest absolute Gasteiger partial charge is 0.493 e. The molecule has 1 aliphatic heterocycles. The van der Waals surface area contributed by atoms with Crippen LogP contribution in [0.15, 0.2) is 48.5 Å². The van der Waals surface area contributed by atoms with Crippen LogP contribution < -0.4 is 9.47 Å². The highest BCUT2D eigenvalue weighted by molar-refractivity contribution is 5.93. The van der Waals surface area contributed by atoms with Gasteiger partial charge in [-0.3, -0.25) is 9.89 Å². The van der Waals surface area contributed by atoms with Gasteiger partial charge >= 0.3 is 0 Å². The third-order valence-corrected chi connectivity index (χ3v) is 5.31. The third-order valence-electron chi connectivity index (χ3n) is 5.31. The molecule has 1 aromatic heterocycles. The van der Waals surface area contributed by atoms with Crippen molar-refractivity contribution < 1.29 is 18.7 Å². The van der Waals surface area contributed by atoms with E-state index in [1.54, 1.807) is 43.4 Å². The molecule has 1 unspecified atom stereocenters. The number of carbonyl (C=O) groups is 1. The summed E-state index contributed by atoms with van der Waals surface area (Å²) in [6.45, 7) is 1.19. The molecule has 0 saturated carbocycles. The van der Waals surface area contributed by atoms with Gasteiger partial charge < -0.3 is 14.4 Å². The van der Waals surface area contributed by atoms with E-state index in [0.717, 1.165) is 12.0 Å². The van der Waals surface area contributed by atoms with E-state index < -0.39 is 0 Å². The lowest BCUT2D eigenvalue weighted by atomic mass is 9.97. The van der Waals surface area contributed by atoms with Gasteiger partial charge in [0.15, 0.2) is 11.5 Å². The first-order valence-corrected chi connectivity index (χ1v) is 9.43. The second kappa shape index (κ2) is 7.95. The zero-order chi connectivity index (χ0) is 20.4. The summed E-state index contributed by atoms with van der Waals surface area (Å²) in [6, 6.07) is 13.8. The molecule has 1 atom stereocenters. The highest BCUT2D eigenvalue weighted by atomic mass is 19.1. The van der Waals surface area contributed by atoms with Gasteiger partial charge in [0.25, 0.3) is 5.91 Å². The molecule has 1 amide bonds. The molecule has 0 bridgehead atoms. The van der Waals surface area contributed by atoms with Crippen molar-refractivity contribution in [1.82, 2.24) is 15.1 Å². The molecule has 29 heavy (non-hydrogen) atoms. The Morgan fingerprint density at radius 1 is 1.17 bits per heavy atom. The Morgan fingerprint density at radius 2 is 2.00 bits per heavy atom. The van der Waals surface area contributed by atoms with E-state index in [9.17, 15) is 9.18 Å². The van der Waals surface area contributed by atoms with Crippen molar-refractivity contribution in [2.45, 2.75) is 12.3 Å². The summed E-state index contributed by atoms with van der Waals surface area (Å²) in [6.07, 6.45) is 0.823. The molecule has 0 radical (unpaired) electrons. The quantitative estimate of drug-likeness (QED) is 0.712. The molecule has 6 nitrogen and oxygen atoms in total. The number of H-pyrrole nitrogens is 1. The molecule has 1 fully saturated rings. The van der Waals surface area contributed by atoms with Crippen LogP contribution in [0.2, 0.25) is 0 Å². The summed E-state index contributed by atoms with van der Waals surface area (Å²) in [5.74, 6) is 1.02. The molecule has 1 aliphatic rings. The van der Waals surface area contributed by atoms with Crippen LogP contribution in [0.1, 0.15) is 28.4 Å². The lowest BCUT2D eigenvalue weighted by Crippen LogP contribution is -2.28. The fourth-order valence-corrected chi connectivity index (χ4v) is 3.84. The van der Waals surface area contributed by atoms with Gasteiger partial charge in [-0.2, -0.15) is 5.10 Å². The number of aromatic amines is 1. The van der Waals surface area contributed by atoms with Crippen molar-refractivity contribution in [3.8, 4) is 22.8 Å². The SMILES string of the molecule is COc1cccc(C2CCN(C(=O)c3cc(-c4ccccc4F)n[nH]3)C2)c1OC. The third kappa shape index (κ3) is 3.55. The molecule has 4 rings (SSSR count). The summed E-state index contributed by atoms with van der Waals surface area (Å²) < 4.78 is 24.9. The molecule has 2 aromatic carbocycles. The fourth-order valence-electron chi connectivity index (χ4n) is 3.84. The molecule has 0 spiro atoms. The van der Waals surface area contributed by atoms with E-state index >= 15 is 0 Å². The molecular weight excluding hydrogens is 373 g/mol. The Kier molecular flexibility index (Phi) is 5.20. The maximum atomic E-state index is 14.0. The summed E-state index contributed by atoms with van der Waals surface area (Å²) >= 11 is 0. The Bertz CT molecular complexity index is 1030.